The summed E-state index contributed by atoms with van der Waals surface area (Å²) in [6.07, 6.45) is 3.09. The highest BCUT2D eigenvalue weighted by Crippen LogP contribution is 2.28. The van der Waals surface area contributed by atoms with Crippen LogP contribution in [0.3, 0.4) is 0 Å². The second kappa shape index (κ2) is 8.60. The number of piperidine rings is 1. The molecule has 2 aromatic rings. The van der Waals surface area contributed by atoms with Crippen molar-refractivity contribution in [1.82, 2.24) is 14.1 Å². The number of carbonyl (C=O) groups excluding carboxylic acids is 1. The van der Waals surface area contributed by atoms with Crippen molar-refractivity contribution < 1.29 is 21.6 Å². The van der Waals surface area contributed by atoms with Crippen molar-refractivity contribution in [1.29, 1.82) is 0 Å². The van der Waals surface area contributed by atoms with E-state index in [9.17, 15) is 21.6 Å². The first-order valence-corrected chi connectivity index (χ1v) is 14.0. The SMILES string of the molecule is Cc1cc(NC(=O)c2cccc(S(=O)(=O)N3CCCCC3C)c2)n(C2CCS(=O)(=O)C2)n1. The Kier molecular flexibility index (Phi) is 6.17. The lowest BCUT2D eigenvalue weighted by molar-refractivity contribution is 0.102. The fraction of sp³-hybridized carbons (Fsp3) is 0.524. The molecule has 2 saturated heterocycles. The number of benzene rings is 1. The van der Waals surface area contributed by atoms with Crippen molar-refractivity contribution in [2.45, 2.75) is 56.5 Å². The van der Waals surface area contributed by atoms with Crippen LogP contribution >= 0.6 is 0 Å². The Bertz CT molecular complexity index is 1240. The maximum Gasteiger partial charge on any atom is 0.256 e. The Morgan fingerprint density at radius 3 is 2.66 bits per heavy atom. The van der Waals surface area contributed by atoms with Crippen LogP contribution in [0, 0.1) is 6.92 Å². The molecule has 9 nitrogen and oxygen atoms in total. The Morgan fingerprint density at radius 1 is 1.19 bits per heavy atom. The molecule has 2 atom stereocenters. The average molecular weight is 481 g/mol. The second-order valence-corrected chi connectivity index (χ2v) is 12.7. The number of sulfonamides is 1. The fourth-order valence-electron chi connectivity index (χ4n) is 4.41. The van der Waals surface area contributed by atoms with E-state index < -0.39 is 25.8 Å². The number of carbonyl (C=O) groups is 1. The van der Waals surface area contributed by atoms with Crippen molar-refractivity contribution >= 4 is 31.6 Å². The van der Waals surface area contributed by atoms with Crippen LogP contribution in [0.1, 0.15) is 54.7 Å². The zero-order chi connectivity index (χ0) is 23.1. The summed E-state index contributed by atoms with van der Waals surface area (Å²) in [5.74, 6) is 0.000564. The van der Waals surface area contributed by atoms with Crippen molar-refractivity contribution in [3.63, 3.8) is 0 Å². The molecule has 32 heavy (non-hydrogen) atoms. The van der Waals surface area contributed by atoms with Crippen molar-refractivity contribution in [3.05, 3.63) is 41.6 Å². The average Bonchev–Trinajstić information content (AvgIpc) is 3.29. The molecular formula is C21H28N4O5S2. The molecule has 1 aromatic carbocycles. The van der Waals surface area contributed by atoms with Gasteiger partial charge in [-0.1, -0.05) is 12.5 Å². The lowest BCUT2D eigenvalue weighted by Gasteiger charge is -2.32. The highest BCUT2D eigenvalue weighted by Gasteiger charge is 2.33. The molecular weight excluding hydrogens is 452 g/mol. The number of amides is 1. The van der Waals surface area contributed by atoms with E-state index in [4.69, 9.17) is 0 Å². The molecule has 0 saturated carbocycles. The second-order valence-electron chi connectivity index (χ2n) is 8.61. The van der Waals surface area contributed by atoms with Gasteiger partial charge in [0.05, 0.1) is 28.1 Å². The third-order valence-electron chi connectivity index (χ3n) is 6.10. The van der Waals surface area contributed by atoms with Gasteiger partial charge in [0.1, 0.15) is 5.82 Å². The highest BCUT2D eigenvalue weighted by atomic mass is 32.2. The topological polar surface area (TPSA) is 118 Å². The van der Waals surface area contributed by atoms with Gasteiger partial charge in [-0.2, -0.15) is 9.40 Å². The van der Waals surface area contributed by atoms with E-state index >= 15 is 0 Å². The molecule has 11 heteroatoms. The predicted octanol–water partition coefficient (Wildman–Crippen LogP) is 2.37. The van der Waals surface area contributed by atoms with Crippen LogP contribution < -0.4 is 5.32 Å². The largest absolute Gasteiger partial charge is 0.307 e. The van der Waals surface area contributed by atoms with E-state index in [1.165, 1.54) is 16.4 Å². The Hall–Kier alpha value is -2.24. The minimum atomic E-state index is -3.70. The van der Waals surface area contributed by atoms with Crippen LogP contribution in [0.2, 0.25) is 0 Å². The summed E-state index contributed by atoms with van der Waals surface area (Å²) in [5.41, 5.74) is 0.861. The van der Waals surface area contributed by atoms with Gasteiger partial charge in [-0.25, -0.2) is 21.5 Å². The first kappa shape index (κ1) is 22.9. The Labute approximate surface area is 188 Å². The van der Waals surface area contributed by atoms with Crippen molar-refractivity contribution in [3.8, 4) is 0 Å². The van der Waals surface area contributed by atoms with Crippen LogP contribution in [0.5, 0.6) is 0 Å². The van der Waals surface area contributed by atoms with Gasteiger partial charge in [-0.3, -0.25) is 4.79 Å². The highest BCUT2D eigenvalue weighted by molar-refractivity contribution is 7.91. The van der Waals surface area contributed by atoms with Crippen LogP contribution in [0.25, 0.3) is 0 Å². The van der Waals surface area contributed by atoms with Crippen LogP contribution in [0.4, 0.5) is 5.82 Å². The van der Waals surface area contributed by atoms with Crippen LogP contribution in [-0.2, 0) is 19.9 Å². The van der Waals surface area contributed by atoms with Crippen molar-refractivity contribution in [2.24, 2.45) is 0 Å². The van der Waals surface area contributed by atoms with Gasteiger partial charge in [-0.15, -0.1) is 0 Å². The number of aromatic nitrogens is 2. The number of sulfone groups is 1. The molecule has 174 valence electrons. The molecule has 1 aromatic heterocycles. The van der Waals surface area contributed by atoms with E-state index in [-0.39, 0.29) is 34.0 Å². The van der Waals surface area contributed by atoms with E-state index in [1.54, 1.807) is 29.8 Å². The summed E-state index contributed by atoms with van der Waals surface area (Å²) in [4.78, 5) is 13.0. The zero-order valence-electron chi connectivity index (χ0n) is 18.2. The number of rotatable bonds is 5. The van der Waals surface area contributed by atoms with E-state index in [0.717, 1.165) is 19.3 Å². The Balaban J connectivity index is 1.57. The van der Waals surface area contributed by atoms with Crippen molar-refractivity contribution in [2.75, 3.05) is 23.4 Å². The third-order valence-corrected chi connectivity index (χ3v) is 9.86. The summed E-state index contributed by atoms with van der Waals surface area (Å²) >= 11 is 0. The third kappa shape index (κ3) is 4.60. The smallest absolute Gasteiger partial charge is 0.256 e. The van der Waals surface area contributed by atoms with Gasteiger partial charge < -0.3 is 5.32 Å². The van der Waals surface area contributed by atoms with Gasteiger partial charge in [0.15, 0.2) is 9.84 Å². The number of hydrogen-bond donors (Lipinski definition) is 1. The quantitative estimate of drug-likeness (QED) is 0.702. The Morgan fingerprint density at radius 2 is 1.97 bits per heavy atom. The summed E-state index contributed by atoms with van der Waals surface area (Å²) in [6.45, 7) is 4.14. The first-order valence-electron chi connectivity index (χ1n) is 10.8. The zero-order valence-corrected chi connectivity index (χ0v) is 19.8. The standard InChI is InChI=1S/C21H28N4O5S2/c1-15-12-20(25(23-15)18-9-11-31(27,28)14-18)22-21(26)17-7-5-8-19(13-17)32(29,30)24-10-4-3-6-16(24)2/h5,7-8,12-13,16,18H,3-4,6,9-11,14H2,1-2H3,(H,22,26). The summed E-state index contributed by atoms with van der Waals surface area (Å²) < 4.78 is 53.1. The molecule has 1 N–H and O–H groups in total. The maximum absolute atomic E-state index is 13.1. The van der Waals surface area contributed by atoms with Gasteiger partial charge in [-0.05, 0) is 51.3 Å². The van der Waals surface area contributed by atoms with Crippen LogP contribution in [-0.4, -0.2) is 60.9 Å². The van der Waals surface area contributed by atoms with Gasteiger partial charge in [0.2, 0.25) is 10.0 Å². The van der Waals surface area contributed by atoms with E-state index in [0.29, 0.717) is 24.5 Å². The molecule has 3 heterocycles. The monoisotopic (exact) mass is 480 g/mol. The number of anilines is 1. The van der Waals surface area contributed by atoms with E-state index in [2.05, 4.69) is 10.4 Å². The summed E-state index contributed by atoms with van der Waals surface area (Å²) in [5, 5.41) is 7.14. The maximum atomic E-state index is 13.1. The van der Waals surface area contributed by atoms with Gasteiger partial charge >= 0.3 is 0 Å². The summed E-state index contributed by atoms with van der Waals surface area (Å²) in [7, 11) is -6.82. The van der Waals surface area contributed by atoms with Gasteiger partial charge in [0, 0.05) is 24.2 Å². The van der Waals surface area contributed by atoms with Crippen LogP contribution in [0.15, 0.2) is 35.2 Å². The van der Waals surface area contributed by atoms with E-state index in [1.807, 2.05) is 6.92 Å². The molecule has 0 aliphatic carbocycles. The normalized spacial score (nSPS) is 23.8. The molecule has 0 spiro atoms. The number of nitrogens with one attached hydrogen (secondary N) is 1. The fourth-order valence-corrected chi connectivity index (χ4v) is 7.85. The van der Waals surface area contributed by atoms with Gasteiger partial charge in [0.25, 0.3) is 5.91 Å². The predicted molar refractivity (Wildman–Crippen MR) is 121 cm³/mol. The molecule has 2 unspecified atom stereocenters. The minimum Gasteiger partial charge on any atom is -0.307 e. The molecule has 2 aliphatic rings. The molecule has 4 rings (SSSR count). The number of hydrogen-bond acceptors (Lipinski definition) is 6. The molecule has 0 radical (unpaired) electrons. The molecule has 1 amide bonds. The minimum absolute atomic E-state index is 0.0151. The summed E-state index contributed by atoms with van der Waals surface area (Å²) in [6, 6.07) is 7.27. The molecule has 2 aliphatic heterocycles. The first-order chi connectivity index (χ1) is 15.1. The molecule has 0 bridgehead atoms. The molecule has 2 fully saturated rings. The lowest BCUT2D eigenvalue weighted by Crippen LogP contribution is -2.41. The lowest BCUT2D eigenvalue weighted by atomic mass is 10.1. The number of aryl methyl sites for hydroxylation is 1. The number of nitrogens with zero attached hydrogens (tertiary/aromatic N) is 3.